The van der Waals surface area contributed by atoms with E-state index in [1.54, 1.807) is 0 Å². The molecular weight excluding hydrogens is 226 g/mol. The molecule has 0 radical (unpaired) electrons. The fraction of sp³-hybridized carbons (Fsp3) is 0.467. The molecule has 90 valence electrons. The Hall–Kier alpha value is -1.02. The molecule has 1 nitrogen and oxygen atoms in total. The predicted molar refractivity (Wildman–Crippen MR) is 76.9 cm³/mol. The van der Waals surface area contributed by atoms with Crippen LogP contribution in [0.4, 0.5) is 5.69 Å². The van der Waals surface area contributed by atoms with Crippen LogP contribution in [-0.4, -0.2) is 6.04 Å². The number of fused-ring (bicyclic) bond motifs is 1. The summed E-state index contributed by atoms with van der Waals surface area (Å²) in [5.41, 5.74) is 1.29. The van der Waals surface area contributed by atoms with Crippen LogP contribution in [0.3, 0.4) is 0 Å². The Morgan fingerprint density at radius 1 is 1.18 bits per heavy atom. The van der Waals surface area contributed by atoms with Crippen LogP contribution in [0.15, 0.2) is 29.6 Å². The average Bonchev–Trinajstić information content (AvgIpc) is 2.79. The van der Waals surface area contributed by atoms with E-state index in [2.05, 4.69) is 41.9 Å². The van der Waals surface area contributed by atoms with Gasteiger partial charge in [0.05, 0.1) is 0 Å². The lowest BCUT2D eigenvalue weighted by Gasteiger charge is -2.30. The van der Waals surface area contributed by atoms with Crippen LogP contribution < -0.4 is 5.32 Å². The minimum Gasteiger partial charge on any atom is -0.382 e. The molecule has 1 aromatic carbocycles. The second-order valence-corrected chi connectivity index (χ2v) is 6.13. The lowest BCUT2D eigenvalue weighted by molar-refractivity contribution is 0.349. The molecule has 0 spiro atoms. The van der Waals surface area contributed by atoms with Crippen molar-refractivity contribution in [1.29, 1.82) is 0 Å². The molecule has 0 bridgehead atoms. The second-order valence-electron chi connectivity index (χ2n) is 5.19. The van der Waals surface area contributed by atoms with Crippen molar-refractivity contribution in [3.05, 3.63) is 29.6 Å². The van der Waals surface area contributed by atoms with Gasteiger partial charge in [-0.3, -0.25) is 0 Å². The molecular formula is C15H19NS. The Balaban J connectivity index is 1.79. The summed E-state index contributed by atoms with van der Waals surface area (Å²) in [6.45, 7) is 2.37. The first-order valence-corrected chi connectivity index (χ1v) is 7.45. The lowest BCUT2D eigenvalue weighted by Crippen LogP contribution is -2.30. The normalized spacial score (nSPS) is 25.0. The molecule has 1 aliphatic carbocycles. The Kier molecular flexibility index (Phi) is 3.06. The Bertz CT molecular complexity index is 502. The van der Waals surface area contributed by atoms with Crippen molar-refractivity contribution in [2.24, 2.45) is 5.92 Å². The SMILES string of the molecule is CC1CCCCC1Nc1ccc2sccc2c1. The van der Waals surface area contributed by atoms with Crippen LogP contribution in [-0.2, 0) is 0 Å². The van der Waals surface area contributed by atoms with Gasteiger partial charge < -0.3 is 5.32 Å². The maximum Gasteiger partial charge on any atom is 0.0349 e. The molecule has 2 aromatic rings. The van der Waals surface area contributed by atoms with E-state index in [1.807, 2.05) is 11.3 Å². The van der Waals surface area contributed by atoms with Gasteiger partial charge in [-0.1, -0.05) is 19.8 Å². The number of benzene rings is 1. The van der Waals surface area contributed by atoms with E-state index in [0.717, 1.165) is 5.92 Å². The first kappa shape index (κ1) is 11.1. The molecule has 0 aliphatic heterocycles. The Morgan fingerprint density at radius 3 is 2.94 bits per heavy atom. The molecule has 3 rings (SSSR count). The summed E-state index contributed by atoms with van der Waals surface area (Å²) in [5, 5.41) is 7.25. The molecule has 1 N–H and O–H groups in total. The molecule has 1 fully saturated rings. The van der Waals surface area contributed by atoms with Gasteiger partial charge in [0.2, 0.25) is 0 Å². The summed E-state index contributed by atoms with van der Waals surface area (Å²) in [6.07, 6.45) is 5.48. The standard InChI is InChI=1S/C15H19NS/c1-11-4-2-3-5-14(11)16-13-6-7-15-12(10-13)8-9-17-15/h6-11,14,16H,2-5H2,1H3. The molecule has 17 heavy (non-hydrogen) atoms. The number of hydrogen-bond acceptors (Lipinski definition) is 2. The molecule has 1 heterocycles. The van der Waals surface area contributed by atoms with E-state index < -0.39 is 0 Å². The van der Waals surface area contributed by atoms with Gasteiger partial charge in [-0.05, 0) is 53.8 Å². The van der Waals surface area contributed by atoms with Crippen molar-refractivity contribution in [2.45, 2.75) is 38.6 Å². The van der Waals surface area contributed by atoms with Crippen LogP contribution in [0.1, 0.15) is 32.6 Å². The molecule has 2 heteroatoms. The van der Waals surface area contributed by atoms with E-state index in [9.17, 15) is 0 Å². The minimum atomic E-state index is 0.667. The third-order valence-corrected chi connectivity index (χ3v) is 4.81. The zero-order valence-corrected chi connectivity index (χ0v) is 11.1. The van der Waals surface area contributed by atoms with Gasteiger partial charge in [-0.15, -0.1) is 11.3 Å². The quantitative estimate of drug-likeness (QED) is 0.794. The first-order valence-electron chi connectivity index (χ1n) is 6.57. The van der Waals surface area contributed by atoms with Crippen molar-refractivity contribution in [2.75, 3.05) is 5.32 Å². The first-order chi connectivity index (χ1) is 8.33. The van der Waals surface area contributed by atoms with Crippen LogP contribution in [0.25, 0.3) is 10.1 Å². The van der Waals surface area contributed by atoms with Crippen molar-refractivity contribution >= 4 is 27.1 Å². The minimum absolute atomic E-state index is 0.667. The van der Waals surface area contributed by atoms with Crippen molar-refractivity contribution in [1.82, 2.24) is 0 Å². The monoisotopic (exact) mass is 245 g/mol. The smallest absolute Gasteiger partial charge is 0.0349 e. The van der Waals surface area contributed by atoms with Gasteiger partial charge in [0.15, 0.2) is 0 Å². The van der Waals surface area contributed by atoms with Crippen LogP contribution in [0.2, 0.25) is 0 Å². The Labute approximate surface area is 107 Å². The zero-order valence-electron chi connectivity index (χ0n) is 10.3. The number of thiophene rings is 1. The summed E-state index contributed by atoms with van der Waals surface area (Å²) < 4.78 is 1.38. The third-order valence-electron chi connectivity index (χ3n) is 3.92. The van der Waals surface area contributed by atoms with E-state index in [1.165, 1.54) is 41.5 Å². The van der Waals surface area contributed by atoms with E-state index in [0.29, 0.717) is 6.04 Å². The highest BCUT2D eigenvalue weighted by atomic mass is 32.1. The summed E-state index contributed by atoms with van der Waals surface area (Å²) in [5.74, 6) is 0.807. The van der Waals surface area contributed by atoms with E-state index in [-0.39, 0.29) is 0 Å². The molecule has 1 saturated carbocycles. The highest BCUT2D eigenvalue weighted by molar-refractivity contribution is 7.17. The predicted octanol–water partition coefficient (Wildman–Crippen LogP) is 4.89. The molecule has 2 unspecified atom stereocenters. The Morgan fingerprint density at radius 2 is 2.06 bits per heavy atom. The summed E-state index contributed by atoms with van der Waals surface area (Å²) >= 11 is 1.81. The van der Waals surface area contributed by atoms with Gasteiger partial charge in [0.25, 0.3) is 0 Å². The number of nitrogens with one attached hydrogen (secondary N) is 1. The maximum atomic E-state index is 3.72. The molecule has 2 atom stereocenters. The zero-order chi connectivity index (χ0) is 11.7. The largest absolute Gasteiger partial charge is 0.382 e. The molecule has 0 amide bonds. The third kappa shape index (κ3) is 2.32. The van der Waals surface area contributed by atoms with Gasteiger partial charge in [0, 0.05) is 16.4 Å². The highest BCUT2D eigenvalue weighted by Gasteiger charge is 2.20. The van der Waals surface area contributed by atoms with Crippen LogP contribution in [0, 0.1) is 5.92 Å². The highest BCUT2D eigenvalue weighted by Crippen LogP contribution is 2.29. The second kappa shape index (κ2) is 4.69. The van der Waals surface area contributed by atoms with Gasteiger partial charge in [0.1, 0.15) is 0 Å². The fourth-order valence-electron chi connectivity index (χ4n) is 2.80. The number of anilines is 1. The summed E-state index contributed by atoms with van der Waals surface area (Å²) in [7, 11) is 0. The van der Waals surface area contributed by atoms with Crippen LogP contribution >= 0.6 is 11.3 Å². The topological polar surface area (TPSA) is 12.0 Å². The summed E-state index contributed by atoms with van der Waals surface area (Å²) in [6, 6.07) is 9.61. The maximum absolute atomic E-state index is 3.72. The van der Waals surface area contributed by atoms with Crippen LogP contribution in [0.5, 0.6) is 0 Å². The molecule has 1 aromatic heterocycles. The lowest BCUT2D eigenvalue weighted by atomic mass is 9.86. The van der Waals surface area contributed by atoms with E-state index >= 15 is 0 Å². The van der Waals surface area contributed by atoms with Crippen molar-refractivity contribution < 1.29 is 0 Å². The van der Waals surface area contributed by atoms with Crippen molar-refractivity contribution in [3.63, 3.8) is 0 Å². The van der Waals surface area contributed by atoms with Gasteiger partial charge >= 0.3 is 0 Å². The average molecular weight is 245 g/mol. The summed E-state index contributed by atoms with van der Waals surface area (Å²) in [4.78, 5) is 0. The molecule has 0 saturated heterocycles. The van der Waals surface area contributed by atoms with Gasteiger partial charge in [-0.2, -0.15) is 0 Å². The fourth-order valence-corrected chi connectivity index (χ4v) is 3.57. The number of rotatable bonds is 2. The van der Waals surface area contributed by atoms with Gasteiger partial charge in [-0.25, -0.2) is 0 Å². The molecule has 1 aliphatic rings. The van der Waals surface area contributed by atoms with Crippen molar-refractivity contribution in [3.8, 4) is 0 Å². The number of hydrogen-bond donors (Lipinski definition) is 1. The van der Waals surface area contributed by atoms with E-state index in [4.69, 9.17) is 0 Å².